The van der Waals surface area contributed by atoms with Crippen molar-refractivity contribution in [2.75, 3.05) is 0 Å². The van der Waals surface area contributed by atoms with Crippen LogP contribution in [0.1, 0.15) is 24.8 Å². The molecular formula is C16H16BCl. The second-order valence-corrected chi connectivity index (χ2v) is 5.07. The lowest BCUT2D eigenvalue weighted by Crippen LogP contribution is -1.97. The van der Waals surface area contributed by atoms with Gasteiger partial charge in [-0.2, -0.15) is 0 Å². The first-order chi connectivity index (χ1) is 8.65. The topological polar surface area (TPSA) is 0 Å². The van der Waals surface area contributed by atoms with Gasteiger partial charge in [0.15, 0.2) is 0 Å². The molecule has 2 rings (SSSR count). The van der Waals surface area contributed by atoms with Crippen molar-refractivity contribution in [3.63, 3.8) is 0 Å². The molecule has 0 N–H and O–H groups in total. The lowest BCUT2D eigenvalue weighted by Gasteiger charge is -2.15. The van der Waals surface area contributed by atoms with E-state index in [1.165, 1.54) is 12.8 Å². The Morgan fingerprint density at radius 1 is 1.39 bits per heavy atom. The van der Waals surface area contributed by atoms with Crippen molar-refractivity contribution in [2.45, 2.75) is 19.3 Å². The number of benzene rings is 1. The Hall–Kier alpha value is -1.21. The molecule has 1 aromatic rings. The zero-order valence-electron chi connectivity index (χ0n) is 10.5. The van der Waals surface area contributed by atoms with Crippen molar-refractivity contribution in [3.05, 3.63) is 65.1 Å². The Kier molecular flexibility index (Phi) is 4.13. The molecule has 1 saturated carbocycles. The van der Waals surface area contributed by atoms with E-state index in [4.69, 9.17) is 19.4 Å². The summed E-state index contributed by atoms with van der Waals surface area (Å²) in [4.78, 5) is 0. The van der Waals surface area contributed by atoms with Gasteiger partial charge in [-0.25, -0.2) is 0 Å². The standard InChI is InChI=1S/C16H16BCl/c1-3-6-14(16(17)12-9-10-12)11(2)13-7-4-5-8-15(13)18/h3-5,7-8,12H,1-2,6,9-10H2/b16-14-. The zero-order chi connectivity index (χ0) is 13.1. The molecular weight excluding hydrogens is 238 g/mol. The summed E-state index contributed by atoms with van der Waals surface area (Å²) in [5, 5.41) is 0.715. The van der Waals surface area contributed by atoms with E-state index in [0.29, 0.717) is 10.9 Å². The lowest BCUT2D eigenvalue weighted by molar-refractivity contribution is 1.05. The fourth-order valence-corrected chi connectivity index (χ4v) is 2.32. The largest absolute Gasteiger partial charge is 0.111 e. The van der Waals surface area contributed by atoms with Crippen molar-refractivity contribution in [3.8, 4) is 0 Å². The van der Waals surface area contributed by atoms with Crippen molar-refractivity contribution < 1.29 is 0 Å². The smallest absolute Gasteiger partial charge is 0.108 e. The molecule has 0 unspecified atom stereocenters. The van der Waals surface area contributed by atoms with Crippen LogP contribution in [0.5, 0.6) is 0 Å². The van der Waals surface area contributed by atoms with E-state index in [0.717, 1.165) is 28.6 Å². The van der Waals surface area contributed by atoms with Crippen molar-refractivity contribution >= 4 is 25.0 Å². The fourth-order valence-electron chi connectivity index (χ4n) is 2.07. The highest BCUT2D eigenvalue weighted by Gasteiger charge is 2.25. The van der Waals surface area contributed by atoms with Gasteiger partial charge in [0.2, 0.25) is 0 Å². The molecule has 0 spiro atoms. The van der Waals surface area contributed by atoms with E-state index in [1.807, 2.05) is 30.3 Å². The van der Waals surface area contributed by atoms with E-state index >= 15 is 0 Å². The minimum absolute atomic E-state index is 0.527. The number of halogens is 1. The Labute approximate surface area is 115 Å². The van der Waals surface area contributed by atoms with Crippen LogP contribution in [0.15, 0.2) is 54.5 Å². The van der Waals surface area contributed by atoms with E-state index in [9.17, 15) is 0 Å². The monoisotopic (exact) mass is 254 g/mol. The van der Waals surface area contributed by atoms with Gasteiger partial charge in [0.1, 0.15) is 7.85 Å². The van der Waals surface area contributed by atoms with Gasteiger partial charge >= 0.3 is 0 Å². The third-order valence-corrected chi connectivity index (χ3v) is 3.61. The molecule has 0 bridgehead atoms. The van der Waals surface area contributed by atoms with Crippen molar-refractivity contribution in [2.24, 2.45) is 5.92 Å². The zero-order valence-corrected chi connectivity index (χ0v) is 11.2. The van der Waals surface area contributed by atoms with Gasteiger partial charge in [0.05, 0.1) is 0 Å². The lowest BCUT2D eigenvalue weighted by atomic mass is 9.80. The molecule has 0 nitrogen and oxygen atoms in total. The Bertz CT molecular complexity index is 510. The summed E-state index contributed by atoms with van der Waals surface area (Å²) >= 11 is 6.21. The highest BCUT2D eigenvalue weighted by Crippen LogP contribution is 2.40. The van der Waals surface area contributed by atoms with Gasteiger partial charge in [-0.1, -0.05) is 42.5 Å². The number of allylic oxidation sites excluding steroid dienone is 4. The third-order valence-electron chi connectivity index (χ3n) is 3.28. The first-order valence-corrected chi connectivity index (χ1v) is 6.56. The number of hydrogen-bond donors (Lipinski definition) is 0. The van der Waals surface area contributed by atoms with Crippen LogP contribution in [-0.4, -0.2) is 7.85 Å². The Balaban J connectivity index is 2.38. The number of rotatable bonds is 5. The molecule has 18 heavy (non-hydrogen) atoms. The SMILES string of the molecule is [B]/C(=C(/CC=C)C(=C)c1ccccc1Cl)C1CC1. The minimum atomic E-state index is 0.527. The second-order valence-electron chi connectivity index (χ2n) is 4.66. The van der Waals surface area contributed by atoms with E-state index in [-0.39, 0.29) is 0 Å². The van der Waals surface area contributed by atoms with Crippen LogP contribution >= 0.6 is 11.6 Å². The maximum Gasteiger partial charge on any atom is 0.108 e. The average molecular weight is 255 g/mol. The van der Waals surface area contributed by atoms with Crippen molar-refractivity contribution in [1.82, 2.24) is 0 Å². The van der Waals surface area contributed by atoms with Crippen LogP contribution in [0.25, 0.3) is 5.57 Å². The molecule has 2 heteroatoms. The average Bonchev–Trinajstić information content (AvgIpc) is 3.19. The van der Waals surface area contributed by atoms with Gasteiger partial charge in [-0.15, -0.1) is 12.1 Å². The van der Waals surface area contributed by atoms with Crippen LogP contribution in [0, 0.1) is 5.92 Å². The molecule has 1 fully saturated rings. The molecule has 1 aromatic carbocycles. The summed E-state index contributed by atoms with van der Waals surface area (Å²) in [6, 6.07) is 7.74. The molecule has 0 amide bonds. The molecule has 90 valence electrons. The maximum absolute atomic E-state index is 6.23. The molecule has 1 aliphatic rings. The number of hydrogen-bond acceptors (Lipinski definition) is 0. The molecule has 1 aliphatic carbocycles. The predicted molar refractivity (Wildman–Crippen MR) is 80.8 cm³/mol. The normalized spacial score (nSPS) is 16.1. The summed E-state index contributed by atoms with van der Waals surface area (Å²) in [6.07, 6.45) is 4.98. The van der Waals surface area contributed by atoms with Gasteiger partial charge in [0.25, 0.3) is 0 Å². The maximum atomic E-state index is 6.23. The summed E-state index contributed by atoms with van der Waals surface area (Å²) in [7, 11) is 6.23. The third kappa shape index (κ3) is 2.79. The van der Waals surface area contributed by atoms with Crippen molar-refractivity contribution in [1.29, 1.82) is 0 Å². The van der Waals surface area contributed by atoms with Crippen LogP contribution in [0.2, 0.25) is 5.02 Å². The highest BCUT2D eigenvalue weighted by atomic mass is 35.5. The van der Waals surface area contributed by atoms with Crippen LogP contribution in [-0.2, 0) is 0 Å². The van der Waals surface area contributed by atoms with E-state index < -0.39 is 0 Å². The molecule has 0 aliphatic heterocycles. The predicted octanol–water partition coefficient (Wildman–Crippen LogP) is 4.76. The van der Waals surface area contributed by atoms with E-state index in [1.54, 1.807) is 0 Å². The van der Waals surface area contributed by atoms with Gasteiger partial charge in [0, 0.05) is 5.02 Å². The first kappa shape index (κ1) is 13.2. The van der Waals surface area contributed by atoms with Crippen LogP contribution < -0.4 is 0 Å². The Morgan fingerprint density at radius 3 is 2.61 bits per heavy atom. The molecule has 0 aromatic heterocycles. The van der Waals surface area contributed by atoms with Crippen LogP contribution in [0.4, 0.5) is 0 Å². The van der Waals surface area contributed by atoms with Gasteiger partial charge < -0.3 is 0 Å². The highest BCUT2D eigenvalue weighted by molar-refractivity contribution is 6.32. The Morgan fingerprint density at radius 2 is 2.06 bits per heavy atom. The molecule has 0 heterocycles. The summed E-state index contributed by atoms with van der Waals surface area (Å²) in [5.74, 6) is 0.527. The molecule has 0 atom stereocenters. The van der Waals surface area contributed by atoms with Gasteiger partial charge in [-0.05, 0) is 48.0 Å². The summed E-state index contributed by atoms with van der Waals surface area (Å²) in [6.45, 7) is 7.96. The van der Waals surface area contributed by atoms with Crippen LogP contribution in [0.3, 0.4) is 0 Å². The molecule has 2 radical (unpaired) electrons. The summed E-state index contributed by atoms with van der Waals surface area (Å²) in [5.41, 5.74) is 3.92. The fraction of sp³-hybridized carbons (Fsp3) is 0.250. The second kappa shape index (κ2) is 5.62. The van der Waals surface area contributed by atoms with Gasteiger partial charge in [-0.3, -0.25) is 0 Å². The quantitative estimate of drug-likeness (QED) is 0.404. The van der Waals surface area contributed by atoms with E-state index in [2.05, 4.69) is 13.2 Å². The molecule has 0 saturated heterocycles. The first-order valence-electron chi connectivity index (χ1n) is 6.18. The summed E-state index contributed by atoms with van der Waals surface area (Å²) < 4.78 is 0. The minimum Gasteiger partial charge on any atom is -0.111 e.